The number of likely N-dealkylation sites (N-methyl/N-ethyl adjacent to an activating group) is 1. The van der Waals surface area contributed by atoms with Gasteiger partial charge in [0.2, 0.25) is 5.91 Å². The van der Waals surface area contributed by atoms with Gasteiger partial charge in [-0.2, -0.15) is 5.10 Å². The molecule has 2 amide bonds. The number of nitrogens with zero attached hydrogens (tertiary/aromatic N) is 2. The number of carbonyl (C=O) groups is 2. The number of aryl methyl sites for hydroxylation is 1. The molecule has 31 heavy (non-hydrogen) atoms. The highest BCUT2D eigenvalue weighted by atomic mass is 19.1. The Morgan fingerprint density at radius 1 is 1.13 bits per heavy atom. The molecule has 0 unspecified atom stereocenters. The van der Waals surface area contributed by atoms with Crippen LogP contribution >= 0.6 is 0 Å². The van der Waals surface area contributed by atoms with E-state index in [-0.39, 0.29) is 24.8 Å². The first-order valence-corrected chi connectivity index (χ1v) is 9.95. The molecule has 3 N–H and O–H groups in total. The number of primary amides is 1. The lowest BCUT2D eigenvalue weighted by atomic mass is 10.1. The fraction of sp³-hybridized carbons (Fsp3) is 0.261. The summed E-state index contributed by atoms with van der Waals surface area (Å²) in [5, 5.41) is 7.24. The maximum Gasteiger partial charge on any atom is 0.260 e. The van der Waals surface area contributed by atoms with E-state index in [0.29, 0.717) is 12.3 Å². The lowest BCUT2D eigenvalue weighted by molar-refractivity contribution is -0.132. The van der Waals surface area contributed by atoms with Crippen molar-refractivity contribution >= 4 is 11.8 Å². The van der Waals surface area contributed by atoms with E-state index in [2.05, 4.69) is 10.2 Å². The average molecular weight is 424 g/mol. The van der Waals surface area contributed by atoms with Crippen LogP contribution in [0.15, 0.2) is 54.6 Å². The summed E-state index contributed by atoms with van der Waals surface area (Å²) in [7, 11) is 1.73. The van der Waals surface area contributed by atoms with Gasteiger partial charge in [0.25, 0.3) is 5.91 Å². The normalized spacial score (nSPS) is 10.6. The third kappa shape index (κ3) is 6.67. The number of H-pyrrole nitrogens is 1. The van der Waals surface area contributed by atoms with Crippen molar-refractivity contribution in [2.75, 3.05) is 20.2 Å². The van der Waals surface area contributed by atoms with Crippen molar-refractivity contribution in [2.45, 2.75) is 19.3 Å². The van der Waals surface area contributed by atoms with Gasteiger partial charge in [0.1, 0.15) is 11.6 Å². The minimum atomic E-state index is -0.396. The minimum absolute atomic E-state index is 0.0650. The van der Waals surface area contributed by atoms with Gasteiger partial charge in [-0.3, -0.25) is 14.7 Å². The second kappa shape index (κ2) is 10.4. The van der Waals surface area contributed by atoms with Crippen molar-refractivity contribution in [3.63, 3.8) is 0 Å². The van der Waals surface area contributed by atoms with Crippen molar-refractivity contribution < 1.29 is 18.7 Å². The molecule has 2 aromatic carbocycles. The number of benzene rings is 2. The Bertz CT molecular complexity index is 1020. The van der Waals surface area contributed by atoms with Crippen LogP contribution in [0.25, 0.3) is 11.3 Å². The Morgan fingerprint density at radius 3 is 2.52 bits per heavy atom. The average Bonchev–Trinajstić information content (AvgIpc) is 3.22. The molecule has 0 bridgehead atoms. The molecule has 0 fully saturated rings. The summed E-state index contributed by atoms with van der Waals surface area (Å²) in [4.78, 5) is 24.8. The molecule has 0 aliphatic carbocycles. The standard InChI is InChI=1S/C23H25FN4O3/c1-28(23(30)15-31-20-10-4-16(5-11-20)13-22(25)29)12-2-3-19-14-21(27-26-19)17-6-8-18(24)9-7-17/h4-11,14H,2-3,12-13,15H2,1H3,(H2,25,29)(H,26,27). The summed E-state index contributed by atoms with van der Waals surface area (Å²) < 4.78 is 18.6. The summed E-state index contributed by atoms with van der Waals surface area (Å²) >= 11 is 0. The number of aromatic nitrogens is 2. The van der Waals surface area contributed by atoms with Crippen molar-refractivity contribution in [1.82, 2.24) is 15.1 Å². The molecule has 7 nitrogen and oxygen atoms in total. The third-order valence-electron chi connectivity index (χ3n) is 4.80. The summed E-state index contributed by atoms with van der Waals surface area (Å²) in [6.45, 7) is 0.509. The van der Waals surface area contributed by atoms with Crippen molar-refractivity contribution in [3.8, 4) is 17.0 Å². The van der Waals surface area contributed by atoms with Crippen LogP contribution in [0.2, 0.25) is 0 Å². The van der Waals surface area contributed by atoms with Crippen LogP contribution in [0.5, 0.6) is 5.75 Å². The van der Waals surface area contributed by atoms with E-state index in [4.69, 9.17) is 10.5 Å². The first kappa shape index (κ1) is 22.0. The molecular formula is C23H25FN4O3. The summed E-state index contributed by atoms with van der Waals surface area (Å²) in [5.74, 6) is -0.248. The second-order valence-electron chi connectivity index (χ2n) is 7.28. The molecule has 0 aliphatic heterocycles. The maximum atomic E-state index is 13.0. The summed E-state index contributed by atoms with van der Waals surface area (Å²) in [6.07, 6.45) is 1.66. The van der Waals surface area contributed by atoms with Gasteiger partial charge >= 0.3 is 0 Å². The molecule has 1 aromatic heterocycles. The van der Waals surface area contributed by atoms with Crippen LogP contribution in [0.1, 0.15) is 17.7 Å². The van der Waals surface area contributed by atoms with E-state index >= 15 is 0 Å². The van der Waals surface area contributed by atoms with Gasteiger partial charge in [-0.25, -0.2) is 4.39 Å². The Hall–Kier alpha value is -3.68. The fourth-order valence-corrected chi connectivity index (χ4v) is 3.05. The van der Waals surface area contributed by atoms with Gasteiger partial charge in [-0.1, -0.05) is 12.1 Å². The molecule has 0 spiro atoms. The van der Waals surface area contributed by atoms with Crippen molar-refractivity contribution in [1.29, 1.82) is 0 Å². The largest absolute Gasteiger partial charge is 0.484 e. The van der Waals surface area contributed by atoms with Gasteiger partial charge in [0.05, 0.1) is 12.1 Å². The van der Waals surface area contributed by atoms with Crippen molar-refractivity contribution in [2.24, 2.45) is 5.73 Å². The molecule has 0 radical (unpaired) electrons. The molecule has 162 valence electrons. The van der Waals surface area contributed by atoms with E-state index in [9.17, 15) is 14.0 Å². The number of amides is 2. The highest BCUT2D eigenvalue weighted by Gasteiger charge is 2.11. The van der Waals surface area contributed by atoms with E-state index < -0.39 is 5.91 Å². The zero-order valence-corrected chi connectivity index (χ0v) is 17.3. The molecule has 1 heterocycles. The van der Waals surface area contributed by atoms with Gasteiger partial charge in [0, 0.05) is 24.8 Å². The van der Waals surface area contributed by atoms with Gasteiger partial charge in [0.15, 0.2) is 6.61 Å². The first-order chi connectivity index (χ1) is 14.9. The zero-order chi connectivity index (χ0) is 22.2. The molecule has 3 aromatic rings. The number of hydrogen-bond donors (Lipinski definition) is 2. The molecule has 8 heteroatoms. The lowest BCUT2D eigenvalue weighted by Gasteiger charge is -2.17. The smallest absolute Gasteiger partial charge is 0.260 e. The Balaban J connectivity index is 1.40. The highest BCUT2D eigenvalue weighted by molar-refractivity contribution is 5.77. The van der Waals surface area contributed by atoms with Crippen LogP contribution in [0, 0.1) is 5.82 Å². The van der Waals surface area contributed by atoms with Crippen LogP contribution in [-0.4, -0.2) is 47.1 Å². The number of aromatic amines is 1. The number of halogens is 1. The molecule has 3 rings (SSSR count). The number of carbonyl (C=O) groups excluding carboxylic acids is 2. The Kier molecular flexibility index (Phi) is 7.37. The minimum Gasteiger partial charge on any atom is -0.484 e. The predicted octanol–water partition coefficient (Wildman–Crippen LogP) is 2.71. The van der Waals surface area contributed by atoms with Crippen LogP contribution in [0.3, 0.4) is 0 Å². The molecule has 0 atom stereocenters. The number of ether oxygens (including phenoxy) is 1. The van der Waals surface area contributed by atoms with Gasteiger partial charge in [-0.15, -0.1) is 0 Å². The zero-order valence-electron chi connectivity index (χ0n) is 17.3. The second-order valence-corrected chi connectivity index (χ2v) is 7.28. The maximum absolute atomic E-state index is 13.0. The quantitative estimate of drug-likeness (QED) is 0.522. The topological polar surface area (TPSA) is 101 Å². The SMILES string of the molecule is CN(CCCc1cc(-c2ccc(F)cc2)n[nH]1)C(=O)COc1ccc(CC(N)=O)cc1. The number of hydrogen-bond acceptors (Lipinski definition) is 4. The van der Waals surface area contributed by atoms with Gasteiger partial charge in [-0.05, 0) is 60.9 Å². The molecule has 0 saturated heterocycles. The van der Waals surface area contributed by atoms with Crippen LogP contribution in [0.4, 0.5) is 4.39 Å². The van der Waals surface area contributed by atoms with E-state index in [1.54, 1.807) is 48.3 Å². The van der Waals surface area contributed by atoms with Gasteiger partial charge < -0.3 is 15.4 Å². The van der Waals surface area contributed by atoms with Crippen LogP contribution < -0.4 is 10.5 Å². The highest BCUT2D eigenvalue weighted by Crippen LogP contribution is 2.18. The van der Waals surface area contributed by atoms with Crippen LogP contribution in [-0.2, 0) is 22.4 Å². The molecule has 0 saturated carbocycles. The number of nitrogens with two attached hydrogens (primary N) is 1. The van der Waals surface area contributed by atoms with E-state index in [1.807, 2.05) is 6.07 Å². The Labute approximate surface area is 180 Å². The Morgan fingerprint density at radius 2 is 1.84 bits per heavy atom. The molecular weight excluding hydrogens is 399 g/mol. The van der Waals surface area contributed by atoms with E-state index in [1.165, 1.54) is 12.1 Å². The molecule has 0 aliphatic rings. The number of rotatable bonds is 10. The fourth-order valence-electron chi connectivity index (χ4n) is 3.05. The lowest BCUT2D eigenvalue weighted by Crippen LogP contribution is -2.32. The predicted molar refractivity (Wildman–Crippen MR) is 115 cm³/mol. The number of nitrogens with one attached hydrogen (secondary N) is 1. The third-order valence-corrected chi connectivity index (χ3v) is 4.80. The summed E-state index contributed by atoms with van der Waals surface area (Å²) in [6, 6.07) is 15.0. The summed E-state index contributed by atoms with van der Waals surface area (Å²) in [5.41, 5.74) is 8.52. The first-order valence-electron chi connectivity index (χ1n) is 9.95. The van der Waals surface area contributed by atoms with E-state index in [0.717, 1.165) is 35.4 Å². The monoisotopic (exact) mass is 424 g/mol. The van der Waals surface area contributed by atoms with Crippen molar-refractivity contribution in [3.05, 3.63) is 71.7 Å².